The predicted octanol–water partition coefficient (Wildman–Crippen LogP) is 4.28. The molecule has 0 aliphatic heterocycles. The third kappa shape index (κ3) is 3.17. The Balaban J connectivity index is 1.87. The van der Waals surface area contributed by atoms with Crippen LogP contribution >= 0.6 is 0 Å². The molecule has 6 heteroatoms. The molecule has 0 atom stereocenters. The van der Waals surface area contributed by atoms with Crippen molar-refractivity contribution in [1.29, 1.82) is 0 Å². The molecule has 2 aromatic heterocycles. The van der Waals surface area contributed by atoms with Gasteiger partial charge in [0.25, 0.3) is 5.56 Å². The molecule has 0 unspecified atom stereocenters. The molecule has 0 bridgehead atoms. The summed E-state index contributed by atoms with van der Waals surface area (Å²) in [5.41, 5.74) is 3.10. The summed E-state index contributed by atoms with van der Waals surface area (Å²) < 4.78 is 15.0. The first-order valence-electron chi connectivity index (χ1n) is 8.51. The summed E-state index contributed by atoms with van der Waals surface area (Å²) in [5.74, 6) is 0.0664. The van der Waals surface area contributed by atoms with Gasteiger partial charge in [0, 0.05) is 23.3 Å². The molecule has 0 aliphatic rings. The lowest BCUT2D eigenvalue weighted by atomic mass is 10.2. The van der Waals surface area contributed by atoms with E-state index in [9.17, 15) is 9.18 Å². The first-order valence-corrected chi connectivity index (χ1v) is 8.51. The van der Waals surface area contributed by atoms with Crippen molar-refractivity contribution in [3.63, 3.8) is 0 Å². The molecule has 0 saturated heterocycles. The van der Waals surface area contributed by atoms with E-state index in [1.807, 2.05) is 37.3 Å². The quantitative estimate of drug-likeness (QED) is 0.592. The van der Waals surface area contributed by atoms with E-state index < -0.39 is 0 Å². The molecule has 1 N–H and O–H groups in total. The minimum atomic E-state index is -0.270. The third-order valence-electron chi connectivity index (χ3n) is 4.39. The first-order chi connectivity index (χ1) is 13.0. The van der Waals surface area contributed by atoms with Crippen molar-refractivity contribution in [1.82, 2.24) is 14.5 Å². The number of rotatable bonds is 3. The normalized spacial score (nSPS) is 10.9. The highest BCUT2D eigenvalue weighted by Gasteiger charge is 2.12. The number of fused-ring (bicyclic) bond motifs is 1. The molecule has 134 valence electrons. The maximum atomic E-state index is 13.5. The zero-order valence-corrected chi connectivity index (χ0v) is 14.9. The van der Waals surface area contributed by atoms with E-state index in [1.165, 1.54) is 6.07 Å². The van der Waals surface area contributed by atoms with Gasteiger partial charge >= 0.3 is 0 Å². The lowest BCUT2D eigenvalue weighted by molar-refractivity contribution is 0.619. The minimum absolute atomic E-state index is 0.159. The Bertz CT molecular complexity index is 1200. The number of benzene rings is 2. The standard InChI is InChI=1S/C21H17FN4O/c1-13-11-19(27)26(16-6-4-3-5-7-16)20-17(13)12-23-21(25-20)24-15-8-9-18(22)14(2)10-15/h3-12H,1-2H3,(H,23,24,25). The van der Waals surface area contributed by atoms with Gasteiger partial charge < -0.3 is 5.32 Å². The second kappa shape index (κ2) is 6.64. The number of anilines is 2. The number of aromatic nitrogens is 3. The van der Waals surface area contributed by atoms with Crippen LogP contribution in [0.3, 0.4) is 0 Å². The van der Waals surface area contributed by atoms with Crippen LogP contribution in [0.25, 0.3) is 16.7 Å². The van der Waals surface area contributed by atoms with Gasteiger partial charge in [-0.15, -0.1) is 0 Å². The number of nitrogens with one attached hydrogen (secondary N) is 1. The van der Waals surface area contributed by atoms with Crippen molar-refractivity contribution in [2.45, 2.75) is 13.8 Å². The van der Waals surface area contributed by atoms with Gasteiger partial charge in [-0.25, -0.2) is 9.37 Å². The first kappa shape index (κ1) is 16.9. The molecular weight excluding hydrogens is 343 g/mol. The molecule has 0 radical (unpaired) electrons. The summed E-state index contributed by atoms with van der Waals surface area (Å²) in [6, 6.07) is 15.6. The summed E-state index contributed by atoms with van der Waals surface area (Å²) in [6.07, 6.45) is 1.69. The van der Waals surface area contributed by atoms with Crippen LogP contribution in [0.4, 0.5) is 16.0 Å². The van der Waals surface area contributed by atoms with E-state index in [1.54, 1.807) is 35.9 Å². The number of halogens is 1. The van der Waals surface area contributed by atoms with Gasteiger partial charge in [-0.1, -0.05) is 18.2 Å². The second-order valence-electron chi connectivity index (χ2n) is 6.36. The minimum Gasteiger partial charge on any atom is -0.324 e. The van der Waals surface area contributed by atoms with Gasteiger partial charge in [0.2, 0.25) is 5.95 Å². The van der Waals surface area contributed by atoms with E-state index in [0.717, 1.165) is 16.6 Å². The summed E-state index contributed by atoms with van der Waals surface area (Å²) in [7, 11) is 0. The zero-order chi connectivity index (χ0) is 19.0. The van der Waals surface area contributed by atoms with E-state index in [4.69, 9.17) is 0 Å². The summed E-state index contributed by atoms with van der Waals surface area (Å²) in [6.45, 7) is 3.55. The van der Waals surface area contributed by atoms with Crippen LogP contribution in [-0.2, 0) is 0 Å². The number of hydrogen-bond acceptors (Lipinski definition) is 4. The van der Waals surface area contributed by atoms with E-state index >= 15 is 0 Å². The van der Waals surface area contributed by atoms with Crippen LogP contribution in [-0.4, -0.2) is 14.5 Å². The lowest BCUT2D eigenvalue weighted by Gasteiger charge is -2.13. The molecule has 0 spiro atoms. The van der Waals surface area contributed by atoms with Gasteiger partial charge in [-0.2, -0.15) is 4.98 Å². The van der Waals surface area contributed by atoms with Gasteiger partial charge in [0.05, 0.1) is 5.69 Å². The van der Waals surface area contributed by atoms with Crippen molar-refractivity contribution >= 4 is 22.7 Å². The maximum absolute atomic E-state index is 13.5. The van der Waals surface area contributed by atoms with Crippen LogP contribution in [0.1, 0.15) is 11.1 Å². The topological polar surface area (TPSA) is 59.8 Å². The second-order valence-corrected chi connectivity index (χ2v) is 6.36. The predicted molar refractivity (Wildman–Crippen MR) is 104 cm³/mol. The zero-order valence-electron chi connectivity index (χ0n) is 14.9. The van der Waals surface area contributed by atoms with E-state index in [-0.39, 0.29) is 11.4 Å². The maximum Gasteiger partial charge on any atom is 0.257 e. The Morgan fingerprint density at radius 3 is 2.52 bits per heavy atom. The number of para-hydroxylation sites is 1. The highest BCUT2D eigenvalue weighted by Crippen LogP contribution is 2.21. The number of pyridine rings is 1. The highest BCUT2D eigenvalue weighted by atomic mass is 19.1. The molecule has 0 saturated carbocycles. The molecule has 5 nitrogen and oxygen atoms in total. The molecule has 2 heterocycles. The number of nitrogens with zero attached hydrogens (tertiary/aromatic N) is 3. The van der Waals surface area contributed by atoms with Crippen LogP contribution in [0.15, 0.2) is 65.6 Å². The molecular formula is C21H17FN4O. The number of aryl methyl sites for hydroxylation is 2. The van der Waals surface area contributed by atoms with Gasteiger partial charge in [-0.3, -0.25) is 9.36 Å². The summed E-state index contributed by atoms with van der Waals surface area (Å²) >= 11 is 0. The fourth-order valence-electron chi connectivity index (χ4n) is 2.99. The average molecular weight is 360 g/mol. The smallest absolute Gasteiger partial charge is 0.257 e. The van der Waals surface area contributed by atoms with Crippen molar-refractivity contribution in [2.75, 3.05) is 5.32 Å². The average Bonchev–Trinajstić information content (AvgIpc) is 2.65. The Morgan fingerprint density at radius 1 is 1.00 bits per heavy atom. The monoisotopic (exact) mass is 360 g/mol. The third-order valence-corrected chi connectivity index (χ3v) is 4.39. The molecule has 2 aromatic carbocycles. The SMILES string of the molecule is Cc1cc(Nc2ncc3c(C)cc(=O)n(-c4ccccc4)c3n2)ccc1F. The van der Waals surface area contributed by atoms with Crippen molar-refractivity contribution < 1.29 is 4.39 Å². The molecule has 27 heavy (non-hydrogen) atoms. The van der Waals surface area contributed by atoms with Gasteiger partial charge in [0.15, 0.2) is 5.65 Å². The van der Waals surface area contributed by atoms with Crippen LogP contribution in [0, 0.1) is 19.7 Å². The highest BCUT2D eigenvalue weighted by molar-refractivity contribution is 5.80. The fourth-order valence-corrected chi connectivity index (χ4v) is 2.99. The summed E-state index contributed by atoms with van der Waals surface area (Å²) in [4.78, 5) is 21.6. The molecule has 0 fully saturated rings. The fraction of sp³-hybridized carbons (Fsp3) is 0.0952. The van der Waals surface area contributed by atoms with Gasteiger partial charge in [-0.05, 0) is 55.3 Å². The van der Waals surface area contributed by atoms with Crippen LogP contribution < -0.4 is 10.9 Å². The lowest BCUT2D eigenvalue weighted by Crippen LogP contribution is -2.19. The van der Waals surface area contributed by atoms with Crippen LogP contribution in [0.5, 0.6) is 0 Å². The van der Waals surface area contributed by atoms with Gasteiger partial charge in [0.1, 0.15) is 5.82 Å². The van der Waals surface area contributed by atoms with Crippen molar-refractivity contribution in [2.24, 2.45) is 0 Å². The van der Waals surface area contributed by atoms with Crippen molar-refractivity contribution in [3.05, 3.63) is 88.1 Å². The molecule has 0 aliphatic carbocycles. The number of hydrogen-bond donors (Lipinski definition) is 1. The van der Waals surface area contributed by atoms with E-state index in [2.05, 4.69) is 15.3 Å². The Hall–Kier alpha value is -3.54. The molecule has 4 aromatic rings. The Labute approximate surface area is 155 Å². The van der Waals surface area contributed by atoms with Crippen LogP contribution in [0.2, 0.25) is 0 Å². The Kier molecular flexibility index (Phi) is 4.16. The molecule has 4 rings (SSSR count). The van der Waals surface area contributed by atoms with Crippen molar-refractivity contribution in [3.8, 4) is 5.69 Å². The Morgan fingerprint density at radius 2 is 1.78 bits per heavy atom. The largest absolute Gasteiger partial charge is 0.324 e. The summed E-state index contributed by atoms with van der Waals surface area (Å²) in [5, 5.41) is 3.87. The van der Waals surface area contributed by atoms with E-state index in [0.29, 0.717) is 22.8 Å². The molecule has 0 amide bonds.